The summed E-state index contributed by atoms with van der Waals surface area (Å²) in [5.41, 5.74) is 0.0927. The number of nitrogens with zero attached hydrogens (tertiary/aromatic N) is 2. The number of likely N-dealkylation sites (N-methyl/N-ethyl adjacent to an activating group) is 1. The molecule has 6 rings (SSSR count). The van der Waals surface area contributed by atoms with Crippen LogP contribution < -0.4 is 9.47 Å². The number of hydrogen-bond donors (Lipinski definition) is 1. The van der Waals surface area contributed by atoms with Gasteiger partial charge in [-0.15, -0.1) is 0 Å². The van der Waals surface area contributed by atoms with Gasteiger partial charge in [0.1, 0.15) is 6.04 Å². The maximum atomic E-state index is 13.6. The average Bonchev–Trinajstić information content (AvgIpc) is 3.49. The lowest BCUT2D eigenvalue weighted by Gasteiger charge is -2.46. The highest BCUT2D eigenvalue weighted by Crippen LogP contribution is 2.44. The third-order valence-corrected chi connectivity index (χ3v) is 5.35. The maximum absolute atomic E-state index is 13.6. The normalized spacial score (nSPS) is 30.2. The van der Waals surface area contributed by atoms with Crippen LogP contribution in [0, 0.1) is 0 Å². The Bertz CT molecular complexity index is 1550. The molecule has 3 aromatic rings. The molecule has 1 unspecified atom stereocenters. The number of rotatable bonds is 1. The first-order chi connectivity index (χ1) is 17.3. The number of carbonyl (C=O) groups is 2. The summed E-state index contributed by atoms with van der Waals surface area (Å²) in [5.74, 6) is -1.37. The van der Waals surface area contributed by atoms with E-state index in [9.17, 15) is 9.59 Å². The Kier molecular flexibility index (Phi) is 2.05. The molecule has 29 heavy (non-hydrogen) atoms. The standard InChI is InChI=1S/C22H19N3O4/c1-24-10-19(26)25-16(22(24)27)9-14-13-4-2-3-5-15(13)23-20(14)21(25)12-6-7-17-18(8-12)29-11-28-17/h2-8,16,21,23H,9-11H2,1H3/t16-,21?/m1/s1/i2D,3D,4D,5D,9D2,10D2. The molecule has 1 N–H and O–H groups in total. The number of hydrogen-bond acceptors (Lipinski definition) is 4. The molecular formula is C22H19N3O4. The van der Waals surface area contributed by atoms with Crippen molar-refractivity contribution in [3.8, 4) is 11.5 Å². The summed E-state index contributed by atoms with van der Waals surface area (Å²) in [5, 5.41) is -0.132. The van der Waals surface area contributed by atoms with Gasteiger partial charge < -0.3 is 24.3 Å². The fraction of sp³-hybridized carbons (Fsp3) is 0.273. The van der Waals surface area contributed by atoms with Crippen LogP contribution in [0.5, 0.6) is 11.5 Å². The highest BCUT2D eigenvalue weighted by atomic mass is 16.7. The summed E-state index contributed by atoms with van der Waals surface area (Å²) in [7, 11) is 1.08. The van der Waals surface area contributed by atoms with Gasteiger partial charge in [0.2, 0.25) is 18.6 Å². The summed E-state index contributed by atoms with van der Waals surface area (Å²) in [6, 6.07) is -0.392. The van der Waals surface area contributed by atoms with E-state index in [2.05, 4.69) is 4.98 Å². The lowest BCUT2D eigenvalue weighted by molar-refractivity contribution is -0.157. The molecule has 2 aromatic carbocycles. The van der Waals surface area contributed by atoms with Crippen LogP contribution in [0.2, 0.25) is 0 Å². The molecule has 0 saturated carbocycles. The van der Waals surface area contributed by atoms with Crippen molar-refractivity contribution in [3.63, 3.8) is 0 Å². The highest BCUT2D eigenvalue weighted by Gasteiger charge is 2.47. The van der Waals surface area contributed by atoms with Crippen molar-refractivity contribution in [2.75, 3.05) is 20.3 Å². The summed E-state index contributed by atoms with van der Waals surface area (Å²) in [6.45, 7) is -2.81. The minimum absolute atomic E-state index is 0.0172. The molecule has 7 heteroatoms. The third kappa shape index (κ3) is 2.24. The van der Waals surface area contributed by atoms with E-state index in [-0.39, 0.29) is 29.0 Å². The molecule has 2 amide bonds. The van der Waals surface area contributed by atoms with Gasteiger partial charge in [-0.1, -0.05) is 24.2 Å². The van der Waals surface area contributed by atoms with Gasteiger partial charge in [-0.2, -0.15) is 0 Å². The number of amides is 2. The molecule has 2 atom stereocenters. The summed E-state index contributed by atoms with van der Waals surface area (Å²) in [6.07, 6.45) is -2.64. The van der Waals surface area contributed by atoms with E-state index in [0.717, 1.165) is 11.9 Å². The number of nitrogens with one attached hydrogen (secondary N) is 1. The number of aromatic nitrogens is 1. The molecule has 3 aliphatic rings. The van der Waals surface area contributed by atoms with E-state index in [1.54, 1.807) is 18.2 Å². The molecule has 1 fully saturated rings. The Labute approximate surface area is 178 Å². The van der Waals surface area contributed by atoms with Gasteiger partial charge in [0.05, 0.1) is 20.8 Å². The summed E-state index contributed by atoms with van der Waals surface area (Å²) < 4.78 is 78.6. The van der Waals surface area contributed by atoms with Crippen molar-refractivity contribution in [2.24, 2.45) is 0 Å². The lowest BCUT2D eigenvalue weighted by atomic mass is 9.86. The molecular weight excluding hydrogens is 370 g/mol. The minimum Gasteiger partial charge on any atom is -0.454 e. The topological polar surface area (TPSA) is 74.9 Å². The van der Waals surface area contributed by atoms with E-state index < -0.39 is 60.9 Å². The summed E-state index contributed by atoms with van der Waals surface area (Å²) in [4.78, 5) is 31.4. The molecule has 4 heterocycles. The molecule has 0 aliphatic carbocycles. The van der Waals surface area contributed by atoms with Crippen LogP contribution in [-0.4, -0.2) is 53.0 Å². The Balaban J connectivity index is 1.74. The Morgan fingerprint density at radius 1 is 1.21 bits per heavy atom. The van der Waals surface area contributed by atoms with Gasteiger partial charge in [-0.3, -0.25) is 9.59 Å². The van der Waals surface area contributed by atoms with Crippen molar-refractivity contribution in [3.05, 3.63) is 59.2 Å². The molecule has 146 valence electrons. The second-order valence-corrected chi connectivity index (χ2v) is 6.95. The van der Waals surface area contributed by atoms with E-state index >= 15 is 0 Å². The number of piperazine rings is 1. The number of H-pyrrole nitrogens is 1. The summed E-state index contributed by atoms with van der Waals surface area (Å²) >= 11 is 0. The zero-order chi connectivity index (χ0) is 26.8. The van der Waals surface area contributed by atoms with Gasteiger partial charge >= 0.3 is 0 Å². The Morgan fingerprint density at radius 3 is 2.93 bits per heavy atom. The largest absolute Gasteiger partial charge is 0.454 e. The maximum Gasteiger partial charge on any atom is 0.245 e. The van der Waals surface area contributed by atoms with Crippen LogP contribution in [0.1, 0.15) is 33.8 Å². The SMILES string of the molecule is [2H]c1c([2H])c([2H])c2c3c([nH]c2c1[2H])C(c1ccc2c(c1)OCO2)N1C(=O)C([2H])([2H])N(C)C(=O)[C@H]1C3([2H])[2H]. The zero-order valence-corrected chi connectivity index (χ0v) is 15.1. The van der Waals surface area contributed by atoms with Crippen molar-refractivity contribution in [1.29, 1.82) is 0 Å². The number of benzene rings is 2. The van der Waals surface area contributed by atoms with Crippen LogP contribution in [0.3, 0.4) is 0 Å². The lowest BCUT2D eigenvalue weighted by Crippen LogP contribution is -2.62. The second kappa shape index (κ2) is 5.76. The number of carbonyl (C=O) groups excluding carboxylic acids is 2. The smallest absolute Gasteiger partial charge is 0.245 e. The zero-order valence-electron chi connectivity index (χ0n) is 23.1. The predicted molar refractivity (Wildman–Crippen MR) is 105 cm³/mol. The van der Waals surface area contributed by atoms with Crippen molar-refractivity contribution in [2.45, 2.75) is 18.5 Å². The Hall–Kier alpha value is -3.48. The van der Waals surface area contributed by atoms with Gasteiger partial charge in [0.25, 0.3) is 0 Å². The number of aromatic amines is 1. The van der Waals surface area contributed by atoms with Gasteiger partial charge in [-0.05, 0) is 29.3 Å². The van der Waals surface area contributed by atoms with Crippen molar-refractivity contribution >= 4 is 22.7 Å². The monoisotopic (exact) mass is 397 g/mol. The number of fused-ring (bicyclic) bond motifs is 5. The predicted octanol–water partition coefficient (Wildman–Crippen LogP) is 2.21. The van der Waals surface area contributed by atoms with Crippen LogP contribution in [0.15, 0.2) is 42.4 Å². The number of para-hydroxylation sites is 1. The van der Waals surface area contributed by atoms with Crippen LogP contribution in [-0.2, 0) is 16.0 Å². The first kappa shape index (κ1) is 10.3. The Morgan fingerprint density at radius 2 is 2.03 bits per heavy atom. The minimum atomic E-state index is -2.77. The quantitative estimate of drug-likeness (QED) is 0.683. The molecule has 0 radical (unpaired) electrons. The average molecular weight is 397 g/mol. The molecule has 1 aromatic heterocycles. The van der Waals surface area contributed by atoms with Crippen LogP contribution >= 0.6 is 0 Å². The molecule has 0 spiro atoms. The first-order valence-corrected chi connectivity index (χ1v) is 8.92. The number of ether oxygens (including phenoxy) is 2. The van der Waals surface area contributed by atoms with Gasteiger partial charge in [-0.25, -0.2) is 0 Å². The van der Waals surface area contributed by atoms with E-state index in [1.165, 1.54) is 0 Å². The van der Waals surface area contributed by atoms with E-state index in [4.69, 9.17) is 20.4 Å². The van der Waals surface area contributed by atoms with Crippen molar-refractivity contribution in [1.82, 2.24) is 14.8 Å². The highest BCUT2D eigenvalue weighted by molar-refractivity contribution is 5.97. The van der Waals surface area contributed by atoms with E-state index in [0.29, 0.717) is 22.0 Å². The fourth-order valence-corrected chi connectivity index (χ4v) is 4.04. The third-order valence-electron chi connectivity index (χ3n) is 5.35. The van der Waals surface area contributed by atoms with Crippen molar-refractivity contribution < 1.29 is 30.0 Å². The van der Waals surface area contributed by atoms with Gasteiger partial charge in [0, 0.05) is 32.8 Å². The molecule has 7 nitrogen and oxygen atoms in total. The van der Waals surface area contributed by atoms with E-state index in [1.807, 2.05) is 0 Å². The van der Waals surface area contributed by atoms with Crippen LogP contribution in [0.4, 0.5) is 0 Å². The molecule has 1 saturated heterocycles. The second-order valence-electron chi connectivity index (χ2n) is 6.95. The van der Waals surface area contributed by atoms with Gasteiger partial charge in [0.15, 0.2) is 11.5 Å². The fourth-order valence-electron chi connectivity index (χ4n) is 4.04. The molecule has 0 bridgehead atoms. The first-order valence-electron chi connectivity index (χ1n) is 12.9. The molecule has 3 aliphatic heterocycles. The van der Waals surface area contributed by atoms with Crippen LogP contribution in [0.25, 0.3) is 10.9 Å².